The van der Waals surface area contributed by atoms with Crippen molar-refractivity contribution in [1.29, 1.82) is 0 Å². The molecule has 0 radical (unpaired) electrons. The number of rotatable bonds is 9. The Morgan fingerprint density at radius 3 is 2.32 bits per heavy atom. The molecule has 0 spiro atoms. The number of hydrogen-bond donors (Lipinski definition) is 5. The lowest BCUT2D eigenvalue weighted by molar-refractivity contribution is -0.674. The third-order valence-electron chi connectivity index (χ3n) is 6.40. The van der Waals surface area contributed by atoms with Crippen LogP contribution in [0, 0.1) is 6.92 Å². The Morgan fingerprint density at radius 2 is 1.78 bits per heavy atom. The van der Waals surface area contributed by atoms with Crippen molar-refractivity contribution < 1.29 is 27.3 Å². The normalized spacial score (nSPS) is 12.2. The molecule has 13 heteroatoms. The number of aryl methyl sites for hydroxylation is 1. The molecule has 0 fully saturated rings. The summed E-state index contributed by atoms with van der Waals surface area (Å²) in [5.74, 6) is 6.29. The first kappa shape index (κ1) is 31.2. The number of nitrogens with one attached hydrogen (secondary N) is 3. The average molecular weight is 585 g/mol. The van der Waals surface area contributed by atoms with E-state index in [1.807, 2.05) is 27.7 Å². The summed E-state index contributed by atoms with van der Waals surface area (Å²) in [5.41, 5.74) is 9.65. The molecule has 2 aromatic carbocycles. The quantitative estimate of drug-likeness (QED) is 0.110. The van der Waals surface area contributed by atoms with Crippen LogP contribution in [0.1, 0.15) is 65.5 Å². The van der Waals surface area contributed by atoms with Gasteiger partial charge in [-0.05, 0) is 47.7 Å². The molecule has 0 aliphatic heterocycles. The number of ketones is 1. The molecule has 41 heavy (non-hydrogen) atoms. The smallest absolute Gasteiger partial charge is 0.323 e. The molecule has 1 amide bonds. The molecule has 0 unspecified atom stereocenters. The fourth-order valence-corrected chi connectivity index (χ4v) is 4.78. The second-order valence-corrected chi connectivity index (χ2v) is 12.6. The number of Topliss-reactive ketones (excluding diaryl/α,β-unsaturated/α-hetero) is 1. The molecule has 220 valence electrons. The van der Waals surface area contributed by atoms with Crippen molar-refractivity contribution in [2.75, 3.05) is 28.4 Å². The predicted molar refractivity (Wildman–Crippen MR) is 160 cm³/mol. The summed E-state index contributed by atoms with van der Waals surface area (Å²) in [6, 6.07) is 8.45. The number of carbonyl (C=O) groups excluding carboxylic acids is 2. The van der Waals surface area contributed by atoms with Gasteiger partial charge in [-0.3, -0.25) is 19.3 Å². The van der Waals surface area contributed by atoms with E-state index in [-0.39, 0.29) is 22.6 Å². The maximum Gasteiger partial charge on any atom is 0.323 e. The topological polar surface area (TPSA) is 177 Å². The van der Waals surface area contributed by atoms with Crippen LogP contribution in [0.5, 0.6) is 5.75 Å². The van der Waals surface area contributed by atoms with Crippen LogP contribution >= 0.6 is 0 Å². The number of aromatic nitrogens is 2. The molecule has 0 aliphatic rings. The third kappa shape index (κ3) is 7.24. The third-order valence-corrected chi connectivity index (χ3v) is 6.99. The van der Waals surface area contributed by atoms with Gasteiger partial charge in [0.15, 0.2) is 11.4 Å². The number of hydrazine groups is 1. The van der Waals surface area contributed by atoms with E-state index in [0.29, 0.717) is 34.2 Å². The molecule has 12 nitrogen and oxygen atoms in total. The molecule has 1 aromatic heterocycles. The van der Waals surface area contributed by atoms with Crippen molar-refractivity contribution in [2.45, 2.75) is 40.0 Å². The summed E-state index contributed by atoms with van der Waals surface area (Å²) in [6.07, 6.45) is 4.15. The first-order valence-electron chi connectivity index (χ1n) is 12.6. The molecule has 0 aliphatic carbocycles. The van der Waals surface area contributed by atoms with Crippen molar-refractivity contribution >= 4 is 44.5 Å². The highest BCUT2D eigenvalue weighted by atomic mass is 32.2. The summed E-state index contributed by atoms with van der Waals surface area (Å²) in [7, 11) is -0.520. The van der Waals surface area contributed by atoms with Crippen LogP contribution in [-0.2, 0) is 22.5 Å². The van der Waals surface area contributed by atoms with E-state index in [1.54, 1.807) is 48.1 Å². The van der Waals surface area contributed by atoms with Gasteiger partial charge in [0, 0.05) is 18.7 Å². The zero-order chi connectivity index (χ0) is 30.9. The first-order chi connectivity index (χ1) is 18.9. The molecule has 1 heterocycles. The average Bonchev–Trinajstić information content (AvgIpc) is 3.24. The van der Waals surface area contributed by atoms with Crippen LogP contribution in [0.2, 0.25) is 0 Å². The Bertz CT molecular complexity index is 1640. The number of nitrogens with zero attached hydrogens (tertiary/aromatic N) is 2. The fourth-order valence-electron chi connectivity index (χ4n) is 4.22. The maximum atomic E-state index is 13.4. The fraction of sp³-hybridized carbons (Fsp3) is 0.321. The molecule has 0 saturated heterocycles. The molecule has 3 aromatic rings. The van der Waals surface area contributed by atoms with Gasteiger partial charge in [-0.15, -0.1) is 0 Å². The second kappa shape index (κ2) is 11.6. The van der Waals surface area contributed by atoms with Gasteiger partial charge >= 0.3 is 5.82 Å². The highest BCUT2D eigenvalue weighted by Crippen LogP contribution is 2.39. The van der Waals surface area contributed by atoms with Gasteiger partial charge in [0.25, 0.3) is 5.91 Å². The maximum absolute atomic E-state index is 13.4. The van der Waals surface area contributed by atoms with E-state index >= 15 is 0 Å². The van der Waals surface area contributed by atoms with Gasteiger partial charge in [-0.25, -0.2) is 23.8 Å². The van der Waals surface area contributed by atoms with Gasteiger partial charge in [0.1, 0.15) is 11.9 Å². The number of aromatic amines is 1. The Kier molecular flexibility index (Phi) is 8.84. The van der Waals surface area contributed by atoms with Crippen molar-refractivity contribution in [3.05, 3.63) is 70.9 Å². The van der Waals surface area contributed by atoms with Gasteiger partial charge in [-0.1, -0.05) is 26.8 Å². The minimum atomic E-state index is -3.62. The van der Waals surface area contributed by atoms with Crippen LogP contribution in [0.25, 0.3) is 5.70 Å². The van der Waals surface area contributed by atoms with E-state index in [1.165, 1.54) is 25.2 Å². The lowest BCUT2D eigenvalue weighted by atomic mass is 9.86. The van der Waals surface area contributed by atoms with E-state index in [9.17, 15) is 18.0 Å². The van der Waals surface area contributed by atoms with Crippen LogP contribution in [-0.4, -0.2) is 38.5 Å². The second-order valence-electron chi connectivity index (χ2n) is 10.8. The lowest BCUT2D eigenvalue weighted by Crippen LogP contribution is -2.38. The number of benzene rings is 2. The number of methoxy groups -OCH3 is 1. The summed E-state index contributed by atoms with van der Waals surface area (Å²) in [6.45, 7) is 9.20. The molecule has 3 rings (SSSR count). The SMILES string of the molecule is COc1c(NC(=O)c2ccc(C)c(N(N)C=C(N)c3c[nH]c(C(C)=O)[n+]3C)c2)cc(C(C)(C)C)cc1NS(C)(=O)=O. The van der Waals surface area contributed by atoms with Gasteiger partial charge < -0.3 is 15.8 Å². The molecule has 0 bridgehead atoms. The minimum absolute atomic E-state index is 0.144. The lowest BCUT2D eigenvalue weighted by Gasteiger charge is -2.24. The highest BCUT2D eigenvalue weighted by molar-refractivity contribution is 7.92. The monoisotopic (exact) mass is 584 g/mol. The summed E-state index contributed by atoms with van der Waals surface area (Å²) >= 11 is 0. The highest BCUT2D eigenvalue weighted by Gasteiger charge is 2.23. The first-order valence-corrected chi connectivity index (χ1v) is 14.5. The Labute approximate surface area is 240 Å². The zero-order valence-electron chi connectivity index (χ0n) is 24.5. The number of H-pyrrole nitrogens is 1. The summed E-state index contributed by atoms with van der Waals surface area (Å²) in [5, 5.41) is 4.15. The molecule has 0 atom stereocenters. The van der Waals surface area contributed by atoms with Gasteiger partial charge in [0.05, 0.1) is 37.5 Å². The van der Waals surface area contributed by atoms with Crippen molar-refractivity contribution in [3.63, 3.8) is 0 Å². The van der Waals surface area contributed by atoms with Crippen LogP contribution < -0.4 is 35.9 Å². The van der Waals surface area contributed by atoms with E-state index in [2.05, 4.69) is 15.0 Å². The standard InChI is InChI=1S/C28H37N7O5S/c1-16-9-10-18(11-23(16)35(30)15-20(29)24-14-31-26(17(2)36)34(24)6)27(37)32-21-12-19(28(3,4)5)13-22(25(21)40-7)33-41(8,38)39/h9-15,33H,29-30H2,1-8H3,(H,32,37)/p+1. The molecular weight excluding hydrogens is 546 g/mol. The molecule has 0 saturated carbocycles. The van der Waals surface area contributed by atoms with Crippen molar-refractivity contribution in [3.8, 4) is 5.75 Å². The largest absolute Gasteiger partial charge is 0.492 e. The van der Waals surface area contributed by atoms with E-state index in [0.717, 1.165) is 17.4 Å². The Balaban J connectivity index is 1.99. The van der Waals surface area contributed by atoms with E-state index < -0.39 is 15.9 Å². The number of imidazole rings is 1. The number of carbonyl (C=O) groups is 2. The number of nitrogens with two attached hydrogens (primary N) is 2. The van der Waals surface area contributed by atoms with Gasteiger partial charge in [-0.2, -0.15) is 0 Å². The summed E-state index contributed by atoms with van der Waals surface area (Å²) in [4.78, 5) is 28.1. The minimum Gasteiger partial charge on any atom is -0.492 e. The molecule has 7 N–H and O–H groups in total. The number of hydrogen-bond acceptors (Lipinski definition) is 8. The Morgan fingerprint density at radius 1 is 1.15 bits per heavy atom. The molecular formula is C28H38N7O5S+. The number of ether oxygens (including phenoxy) is 1. The Hall–Kier alpha value is -4.36. The van der Waals surface area contributed by atoms with Gasteiger partial charge in [0.2, 0.25) is 15.8 Å². The van der Waals surface area contributed by atoms with Crippen LogP contribution in [0.3, 0.4) is 0 Å². The number of amides is 1. The van der Waals surface area contributed by atoms with Crippen LogP contribution in [0.15, 0.2) is 42.7 Å². The van der Waals surface area contributed by atoms with Crippen LogP contribution in [0.4, 0.5) is 17.1 Å². The van der Waals surface area contributed by atoms with E-state index in [4.69, 9.17) is 16.3 Å². The number of sulfonamides is 1. The predicted octanol–water partition coefficient (Wildman–Crippen LogP) is 2.92. The van der Waals surface area contributed by atoms with Crippen molar-refractivity contribution in [1.82, 2.24) is 4.98 Å². The summed E-state index contributed by atoms with van der Waals surface area (Å²) < 4.78 is 33.7. The van der Waals surface area contributed by atoms with Crippen molar-refractivity contribution in [2.24, 2.45) is 18.6 Å². The zero-order valence-corrected chi connectivity index (χ0v) is 25.4. The number of anilines is 3.